The van der Waals surface area contributed by atoms with E-state index in [4.69, 9.17) is 10.5 Å². The van der Waals surface area contributed by atoms with Gasteiger partial charge in [0, 0.05) is 0 Å². The zero-order valence-electron chi connectivity index (χ0n) is 10.9. The van der Waals surface area contributed by atoms with Crippen LogP contribution in [0.3, 0.4) is 0 Å². The number of hydrogen-bond acceptors (Lipinski definition) is 2. The molecule has 1 unspecified atom stereocenters. The van der Waals surface area contributed by atoms with Gasteiger partial charge in [0.1, 0.15) is 0 Å². The largest absolute Gasteiger partial charge is 0.491 e. The Hall–Kier alpha value is -1.09. The summed E-state index contributed by atoms with van der Waals surface area (Å²) in [4.78, 5) is 0. The van der Waals surface area contributed by atoms with Crippen LogP contribution in [0.4, 0.5) is 4.39 Å². The number of hydrogen-bond donors (Lipinski definition) is 1. The van der Waals surface area contributed by atoms with E-state index in [-0.39, 0.29) is 5.82 Å². The molecule has 0 aliphatic heterocycles. The van der Waals surface area contributed by atoms with Gasteiger partial charge in [-0.2, -0.15) is 0 Å². The molecule has 0 saturated carbocycles. The number of halogens is 1. The molecule has 96 valence electrons. The first kappa shape index (κ1) is 14.0. The molecule has 2 N–H and O–H groups in total. The number of nitrogens with two attached hydrogens (primary N) is 1. The van der Waals surface area contributed by atoms with Crippen LogP contribution < -0.4 is 10.5 Å². The smallest absolute Gasteiger partial charge is 0.165 e. The van der Waals surface area contributed by atoms with Crippen LogP contribution in [-0.4, -0.2) is 13.2 Å². The SMILES string of the molecule is CCOc1ccc(C(CCN)C(C)C)cc1F. The molecule has 0 spiro atoms. The average Bonchev–Trinajstić information content (AvgIpc) is 2.28. The van der Waals surface area contributed by atoms with Gasteiger partial charge in [0.25, 0.3) is 0 Å². The molecule has 1 rings (SSSR count). The molecular weight excluding hydrogens is 217 g/mol. The molecule has 0 fully saturated rings. The van der Waals surface area contributed by atoms with E-state index in [0.29, 0.717) is 30.7 Å². The van der Waals surface area contributed by atoms with Crippen LogP contribution in [0.5, 0.6) is 5.75 Å². The molecule has 0 saturated heterocycles. The van der Waals surface area contributed by atoms with Gasteiger partial charge in [-0.1, -0.05) is 19.9 Å². The molecule has 2 nitrogen and oxygen atoms in total. The van der Waals surface area contributed by atoms with Crippen molar-refractivity contribution in [2.24, 2.45) is 11.7 Å². The Balaban J connectivity index is 2.93. The molecule has 0 heterocycles. The van der Waals surface area contributed by atoms with Gasteiger partial charge in [-0.25, -0.2) is 4.39 Å². The van der Waals surface area contributed by atoms with Gasteiger partial charge < -0.3 is 10.5 Å². The summed E-state index contributed by atoms with van der Waals surface area (Å²) in [5.74, 6) is 0.805. The van der Waals surface area contributed by atoms with Crippen molar-refractivity contribution in [3.05, 3.63) is 29.6 Å². The summed E-state index contributed by atoms with van der Waals surface area (Å²) >= 11 is 0. The summed E-state index contributed by atoms with van der Waals surface area (Å²) < 4.78 is 18.9. The van der Waals surface area contributed by atoms with Gasteiger partial charge in [-0.15, -0.1) is 0 Å². The van der Waals surface area contributed by atoms with Crippen molar-refractivity contribution in [3.63, 3.8) is 0 Å². The van der Waals surface area contributed by atoms with E-state index in [1.807, 2.05) is 13.0 Å². The van der Waals surface area contributed by atoms with E-state index in [0.717, 1.165) is 12.0 Å². The van der Waals surface area contributed by atoms with Crippen LogP contribution >= 0.6 is 0 Å². The number of ether oxygens (including phenoxy) is 1. The van der Waals surface area contributed by atoms with Crippen LogP contribution in [0.15, 0.2) is 18.2 Å². The summed E-state index contributed by atoms with van der Waals surface area (Å²) in [6.07, 6.45) is 0.880. The van der Waals surface area contributed by atoms with E-state index < -0.39 is 0 Å². The second kappa shape index (κ2) is 6.60. The van der Waals surface area contributed by atoms with E-state index in [1.54, 1.807) is 12.1 Å². The predicted molar refractivity (Wildman–Crippen MR) is 68.8 cm³/mol. The maximum absolute atomic E-state index is 13.7. The summed E-state index contributed by atoms with van der Waals surface area (Å²) in [5.41, 5.74) is 6.61. The molecule has 3 heteroatoms. The maximum Gasteiger partial charge on any atom is 0.165 e. The molecule has 0 aliphatic carbocycles. The Morgan fingerprint density at radius 3 is 2.53 bits per heavy atom. The Morgan fingerprint density at radius 2 is 2.06 bits per heavy atom. The van der Waals surface area contributed by atoms with E-state index >= 15 is 0 Å². The molecule has 1 aromatic rings. The summed E-state index contributed by atoms with van der Waals surface area (Å²) in [5, 5.41) is 0. The van der Waals surface area contributed by atoms with Gasteiger partial charge in [-0.05, 0) is 49.4 Å². The van der Waals surface area contributed by atoms with E-state index in [2.05, 4.69) is 13.8 Å². The van der Waals surface area contributed by atoms with Crippen LogP contribution in [0.1, 0.15) is 38.7 Å². The quantitative estimate of drug-likeness (QED) is 0.826. The second-order valence-electron chi connectivity index (χ2n) is 4.55. The molecule has 0 aliphatic rings. The Bertz CT molecular complexity index is 352. The first-order valence-electron chi connectivity index (χ1n) is 6.22. The minimum atomic E-state index is -0.285. The fraction of sp³-hybridized carbons (Fsp3) is 0.571. The van der Waals surface area contributed by atoms with Gasteiger partial charge >= 0.3 is 0 Å². The van der Waals surface area contributed by atoms with Crippen molar-refractivity contribution in [3.8, 4) is 5.75 Å². The summed E-state index contributed by atoms with van der Waals surface area (Å²) in [6.45, 7) is 7.21. The topological polar surface area (TPSA) is 35.2 Å². The lowest BCUT2D eigenvalue weighted by Gasteiger charge is -2.21. The standard InChI is InChI=1S/C14H22FNO/c1-4-17-14-6-5-11(9-13(14)15)12(7-8-16)10(2)3/h5-6,9-10,12H,4,7-8,16H2,1-3H3. The van der Waals surface area contributed by atoms with Crippen molar-refractivity contribution in [2.75, 3.05) is 13.2 Å². The Labute approximate surface area is 103 Å². The molecule has 0 radical (unpaired) electrons. The maximum atomic E-state index is 13.7. The van der Waals surface area contributed by atoms with Crippen LogP contribution in [0.2, 0.25) is 0 Å². The van der Waals surface area contributed by atoms with Gasteiger partial charge in [0.15, 0.2) is 11.6 Å². The highest BCUT2D eigenvalue weighted by molar-refractivity contribution is 5.31. The number of rotatable bonds is 6. The lowest BCUT2D eigenvalue weighted by molar-refractivity contribution is 0.321. The monoisotopic (exact) mass is 239 g/mol. The van der Waals surface area contributed by atoms with Crippen molar-refractivity contribution < 1.29 is 9.13 Å². The third kappa shape index (κ3) is 3.70. The molecule has 0 bridgehead atoms. The Kier molecular flexibility index (Phi) is 5.42. The van der Waals surface area contributed by atoms with Gasteiger partial charge in [0.05, 0.1) is 6.61 Å². The first-order chi connectivity index (χ1) is 8.10. The van der Waals surface area contributed by atoms with Crippen molar-refractivity contribution in [1.82, 2.24) is 0 Å². The fourth-order valence-corrected chi connectivity index (χ4v) is 2.08. The predicted octanol–water partition coefficient (Wildman–Crippen LogP) is 3.31. The normalized spacial score (nSPS) is 12.8. The highest BCUT2D eigenvalue weighted by Gasteiger charge is 2.16. The van der Waals surface area contributed by atoms with E-state index in [9.17, 15) is 4.39 Å². The van der Waals surface area contributed by atoms with Crippen LogP contribution in [-0.2, 0) is 0 Å². The summed E-state index contributed by atoms with van der Waals surface area (Å²) in [7, 11) is 0. The minimum Gasteiger partial charge on any atom is -0.491 e. The third-order valence-corrected chi connectivity index (χ3v) is 2.97. The zero-order chi connectivity index (χ0) is 12.8. The first-order valence-corrected chi connectivity index (χ1v) is 6.22. The summed E-state index contributed by atoms with van der Waals surface area (Å²) in [6, 6.07) is 5.22. The third-order valence-electron chi connectivity index (χ3n) is 2.97. The van der Waals surface area contributed by atoms with Gasteiger partial charge in [0.2, 0.25) is 0 Å². The van der Waals surface area contributed by atoms with Crippen molar-refractivity contribution in [2.45, 2.75) is 33.1 Å². The molecular formula is C14H22FNO. The lowest BCUT2D eigenvalue weighted by Crippen LogP contribution is -2.13. The van der Waals surface area contributed by atoms with Crippen LogP contribution in [0, 0.1) is 11.7 Å². The molecule has 17 heavy (non-hydrogen) atoms. The Morgan fingerprint density at radius 1 is 1.35 bits per heavy atom. The second-order valence-corrected chi connectivity index (χ2v) is 4.55. The molecule has 0 amide bonds. The van der Waals surface area contributed by atoms with Crippen LogP contribution in [0.25, 0.3) is 0 Å². The van der Waals surface area contributed by atoms with Crippen molar-refractivity contribution >= 4 is 0 Å². The fourth-order valence-electron chi connectivity index (χ4n) is 2.08. The lowest BCUT2D eigenvalue weighted by atomic mass is 9.86. The highest BCUT2D eigenvalue weighted by Crippen LogP contribution is 2.30. The highest BCUT2D eigenvalue weighted by atomic mass is 19.1. The molecule has 1 aromatic carbocycles. The van der Waals surface area contributed by atoms with E-state index in [1.165, 1.54) is 0 Å². The average molecular weight is 239 g/mol. The molecule has 0 aromatic heterocycles. The molecule has 1 atom stereocenters. The van der Waals surface area contributed by atoms with Gasteiger partial charge in [-0.3, -0.25) is 0 Å². The van der Waals surface area contributed by atoms with Crippen molar-refractivity contribution in [1.29, 1.82) is 0 Å². The zero-order valence-corrected chi connectivity index (χ0v) is 10.9. The number of benzene rings is 1. The minimum absolute atomic E-state index is 0.285.